The molecule has 0 aromatic rings. The highest BCUT2D eigenvalue weighted by Gasteiger charge is 1.91. The average Bonchev–Trinajstić information content (AvgIpc) is 2.00. The molecular formula is C9H13N. The third-order valence-corrected chi connectivity index (χ3v) is 1.26. The molecule has 10 heavy (non-hydrogen) atoms. The molecule has 0 fully saturated rings. The molecule has 0 saturated carbocycles. The van der Waals surface area contributed by atoms with Crippen LogP contribution in [0.3, 0.4) is 0 Å². The molecule has 0 heterocycles. The van der Waals surface area contributed by atoms with Crippen LogP contribution in [0.25, 0.3) is 0 Å². The van der Waals surface area contributed by atoms with Gasteiger partial charge < -0.3 is 5.73 Å². The van der Waals surface area contributed by atoms with Crippen LogP contribution in [0.5, 0.6) is 0 Å². The van der Waals surface area contributed by atoms with Gasteiger partial charge in [-0.3, -0.25) is 0 Å². The van der Waals surface area contributed by atoms with Crippen molar-refractivity contribution in [2.45, 2.75) is 6.92 Å². The van der Waals surface area contributed by atoms with Crippen LogP contribution in [0.4, 0.5) is 0 Å². The Morgan fingerprint density at radius 2 is 1.70 bits per heavy atom. The SMILES string of the molecule is C=CC(=C/C)/C(C=C)=C\N. The smallest absolute Gasteiger partial charge is 0.00172 e. The van der Waals surface area contributed by atoms with E-state index in [0.717, 1.165) is 11.1 Å². The van der Waals surface area contributed by atoms with E-state index in [9.17, 15) is 0 Å². The van der Waals surface area contributed by atoms with Crippen LogP contribution >= 0.6 is 0 Å². The second kappa shape index (κ2) is 4.62. The average molecular weight is 135 g/mol. The quantitative estimate of drug-likeness (QED) is 0.589. The first-order valence-electron chi connectivity index (χ1n) is 3.13. The Labute approximate surface area is 62.2 Å². The van der Waals surface area contributed by atoms with Gasteiger partial charge in [0.1, 0.15) is 0 Å². The maximum Gasteiger partial charge on any atom is 0.00172 e. The molecule has 2 N–H and O–H groups in total. The van der Waals surface area contributed by atoms with Crippen molar-refractivity contribution in [1.29, 1.82) is 0 Å². The molecule has 0 saturated heterocycles. The fourth-order valence-electron chi connectivity index (χ4n) is 0.684. The van der Waals surface area contributed by atoms with Crippen LogP contribution < -0.4 is 5.73 Å². The van der Waals surface area contributed by atoms with Gasteiger partial charge in [-0.2, -0.15) is 0 Å². The first-order valence-corrected chi connectivity index (χ1v) is 3.13. The lowest BCUT2D eigenvalue weighted by Gasteiger charge is -1.98. The predicted molar refractivity (Wildman–Crippen MR) is 46.4 cm³/mol. The molecule has 0 unspecified atom stereocenters. The first kappa shape index (κ1) is 8.76. The summed E-state index contributed by atoms with van der Waals surface area (Å²) in [6, 6.07) is 0. The lowest BCUT2D eigenvalue weighted by molar-refractivity contribution is 1.45. The predicted octanol–water partition coefficient (Wildman–Crippen LogP) is 2.15. The standard InChI is InChI=1S/C9H13N/c1-4-8(5-2)9(6-3)7-10/h4-7H,1,3,10H2,2H3/b8-5-,9-7-. The number of rotatable bonds is 3. The summed E-state index contributed by atoms with van der Waals surface area (Å²) in [7, 11) is 0. The van der Waals surface area contributed by atoms with E-state index in [-0.39, 0.29) is 0 Å². The molecule has 0 amide bonds. The fourth-order valence-corrected chi connectivity index (χ4v) is 0.684. The van der Waals surface area contributed by atoms with Gasteiger partial charge in [0, 0.05) is 6.20 Å². The van der Waals surface area contributed by atoms with Crippen LogP contribution in [0.2, 0.25) is 0 Å². The number of nitrogens with two attached hydrogens (primary N) is 1. The maximum atomic E-state index is 5.31. The van der Waals surface area contributed by atoms with Gasteiger partial charge in [0.05, 0.1) is 0 Å². The maximum absolute atomic E-state index is 5.31. The largest absolute Gasteiger partial charge is 0.404 e. The third-order valence-electron chi connectivity index (χ3n) is 1.26. The van der Waals surface area contributed by atoms with Crippen molar-refractivity contribution in [2.75, 3.05) is 0 Å². The van der Waals surface area contributed by atoms with E-state index < -0.39 is 0 Å². The Kier molecular flexibility index (Phi) is 4.05. The molecule has 54 valence electrons. The van der Waals surface area contributed by atoms with Crippen LogP contribution in [-0.4, -0.2) is 0 Å². The lowest BCUT2D eigenvalue weighted by Crippen LogP contribution is -1.87. The van der Waals surface area contributed by atoms with Crippen molar-refractivity contribution in [1.82, 2.24) is 0 Å². The van der Waals surface area contributed by atoms with E-state index in [0.29, 0.717) is 0 Å². The fraction of sp³-hybridized carbons (Fsp3) is 0.111. The third kappa shape index (κ3) is 1.94. The van der Waals surface area contributed by atoms with E-state index in [4.69, 9.17) is 5.73 Å². The molecule has 1 nitrogen and oxygen atoms in total. The minimum Gasteiger partial charge on any atom is -0.404 e. The van der Waals surface area contributed by atoms with E-state index in [1.54, 1.807) is 12.2 Å². The Bertz CT molecular complexity index is 163. The molecule has 0 aliphatic carbocycles. The zero-order valence-corrected chi connectivity index (χ0v) is 6.30. The molecule has 0 bridgehead atoms. The molecule has 0 spiro atoms. The van der Waals surface area contributed by atoms with Gasteiger partial charge in [0.15, 0.2) is 0 Å². The summed E-state index contributed by atoms with van der Waals surface area (Å²) in [6.07, 6.45) is 6.91. The highest BCUT2D eigenvalue weighted by molar-refractivity contribution is 5.44. The molecule has 0 aromatic heterocycles. The van der Waals surface area contributed by atoms with Crippen molar-refractivity contribution >= 4 is 0 Å². The van der Waals surface area contributed by atoms with Crippen LogP contribution in [0.15, 0.2) is 48.7 Å². The summed E-state index contributed by atoms with van der Waals surface area (Å²) < 4.78 is 0. The summed E-state index contributed by atoms with van der Waals surface area (Å²) in [4.78, 5) is 0. The van der Waals surface area contributed by atoms with Crippen molar-refractivity contribution in [3.05, 3.63) is 48.7 Å². The minimum absolute atomic E-state index is 0.914. The topological polar surface area (TPSA) is 26.0 Å². The van der Waals surface area contributed by atoms with Gasteiger partial charge in [-0.15, -0.1) is 0 Å². The normalized spacial score (nSPS) is 12.9. The molecule has 0 rings (SSSR count). The minimum atomic E-state index is 0.914. The second-order valence-corrected chi connectivity index (χ2v) is 1.77. The highest BCUT2D eigenvalue weighted by atomic mass is 14.5. The van der Waals surface area contributed by atoms with Gasteiger partial charge in [0.25, 0.3) is 0 Å². The lowest BCUT2D eigenvalue weighted by atomic mass is 10.1. The monoisotopic (exact) mass is 135 g/mol. The zero-order valence-electron chi connectivity index (χ0n) is 6.30. The molecule has 0 aromatic carbocycles. The molecule has 0 radical (unpaired) electrons. The van der Waals surface area contributed by atoms with Crippen LogP contribution in [-0.2, 0) is 0 Å². The number of hydrogen-bond acceptors (Lipinski definition) is 1. The van der Waals surface area contributed by atoms with Crippen LogP contribution in [0, 0.1) is 0 Å². The van der Waals surface area contributed by atoms with Crippen molar-refractivity contribution in [2.24, 2.45) is 5.73 Å². The van der Waals surface area contributed by atoms with Crippen molar-refractivity contribution in [3.8, 4) is 0 Å². The molecule has 0 aliphatic rings. The number of hydrogen-bond donors (Lipinski definition) is 1. The Morgan fingerprint density at radius 1 is 1.20 bits per heavy atom. The van der Waals surface area contributed by atoms with E-state index in [1.165, 1.54) is 6.20 Å². The summed E-state index contributed by atoms with van der Waals surface area (Å²) in [5, 5.41) is 0. The van der Waals surface area contributed by atoms with Gasteiger partial charge >= 0.3 is 0 Å². The van der Waals surface area contributed by atoms with Gasteiger partial charge in [-0.1, -0.05) is 31.4 Å². The van der Waals surface area contributed by atoms with Crippen LogP contribution in [0.1, 0.15) is 6.92 Å². The van der Waals surface area contributed by atoms with Crippen molar-refractivity contribution in [3.63, 3.8) is 0 Å². The van der Waals surface area contributed by atoms with Gasteiger partial charge in [-0.05, 0) is 18.1 Å². The van der Waals surface area contributed by atoms with E-state index in [1.807, 2.05) is 13.0 Å². The Morgan fingerprint density at radius 3 is 1.80 bits per heavy atom. The molecule has 0 aliphatic heterocycles. The van der Waals surface area contributed by atoms with Crippen molar-refractivity contribution < 1.29 is 0 Å². The summed E-state index contributed by atoms with van der Waals surface area (Å²) in [6.45, 7) is 9.18. The summed E-state index contributed by atoms with van der Waals surface area (Å²) in [5.41, 5.74) is 7.24. The molecule has 0 atom stereocenters. The Balaban J connectivity index is 4.58. The molecular weight excluding hydrogens is 122 g/mol. The summed E-state index contributed by atoms with van der Waals surface area (Å²) >= 11 is 0. The van der Waals surface area contributed by atoms with E-state index in [2.05, 4.69) is 13.2 Å². The molecule has 1 heteroatoms. The summed E-state index contributed by atoms with van der Waals surface area (Å²) in [5.74, 6) is 0. The number of allylic oxidation sites excluding steroid dienone is 5. The van der Waals surface area contributed by atoms with Gasteiger partial charge in [-0.25, -0.2) is 0 Å². The Hall–Kier alpha value is -1.24. The zero-order chi connectivity index (χ0) is 7.98. The second-order valence-electron chi connectivity index (χ2n) is 1.77. The highest BCUT2D eigenvalue weighted by Crippen LogP contribution is 2.09. The van der Waals surface area contributed by atoms with E-state index >= 15 is 0 Å². The first-order chi connectivity index (χ1) is 4.79. The van der Waals surface area contributed by atoms with Gasteiger partial charge in [0.2, 0.25) is 0 Å².